The SMILES string of the molecule is O=C(O)c1ccc(Nc2cc(N3CCN(C4CCCCC4)CC3)c3noc4c5ccccc5c(=C5CCC5)c2c34)cc1. The van der Waals surface area contributed by atoms with E-state index in [2.05, 4.69) is 45.4 Å². The Morgan fingerprint density at radius 1 is 0.881 bits per heavy atom. The van der Waals surface area contributed by atoms with Gasteiger partial charge in [-0.1, -0.05) is 54.3 Å². The van der Waals surface area contributed by atoms with E-state index in [4.69, 9.17) is 9.68 Å². The molecule has 7 nitrogen and oxygen atoms in total. The maximum absolute atomic E-state index is 11.5. The molecule has 2 heterocycles. The molecule has 0 spiro atoms. The second kappa shape index (κ2) is 10.3. The summed E-state index contributed by atoms with van der Waals surface area (Å²) in [5.41, 5.74) is 6.52. The summed E-state index contributed by atoms with van der Waals surface area (Å²) in [5.74, 6) is -0.921. The Labute approximate surface area is 244 Å². The lowest BCUT2D eigenvalue weighted by Gasteiger charge is -2.41. The minimum Gasteiger partial charge on any atom is -0.478 e. The number of anilines is 3. The number of hydrogen-bond acceptors (Lipinski definition) is 6. The van der Waals surface area contributed by atoms with Gasteiger partial charge in [0.05, 0.1) is 16.6 Å². The van der Waals surface area contributed by atoms with E-state index in [1.165, 1.54) is 54.7 Å². The quantitative estimate of drug-likeness (QED) is 0.222. The van der Waals surface area contributed by atoms with Crippen molar-refractivity contribution in [2.24, 2.45) is 0 Å². The third-order valence-corrected chi connectivity index (χ3v) is 9.89. The number of carboxylic acids is 1. The monoisotopic (exact) mass is 560 g/mol. The molecule has 0 unspecified atom stereocenters. The molecule has 2 N–H and O–H groups in total. The summed E-state index contributed by atoms with van der Waals surface area (Å²) in [6.07, 6.45) is 10.2. The molecule has 3 aliphatic rings. The topological polar surface area (TPSA) is 81.8 Å². The van der Waals surface area contributed by atoms with Crippen LogP contribution >= 0.6 is 0 Å². The third-order valence-electron chi connectivity index (χ3n) is 9.89. The van der Waals surface area contributed by atoms with Crippen LogP contribution in [0, 0.1) is 0 Å². The van der Waals surface area contributed by atoms with Crippen LogP contribution in [-0.4, -0.2) is 53.4 Å². The van der Waals surface area contributed by atoms with E-state index in [1.807, 2.05) is 12.1 Å². The molecule has 3 fully saturated rings. The number of fused-ring (bicyclic) bond motifs is 2. The highest BCUT2D eigenvalue weighted by molar-refractivity contribution is 6.24. The molecule has 7 heteroatoms. The fraction of sp³-hybridized carbons (Fsp3) is 0.371. The molecule has 214 valence electrons. The molecule has 0 radical (unpaired) electrons. The van der Waals surface area contributed by atoms with Crippen molar-refractivity contribution in [3.63, 3.8) is 0 Å². The van der Waals surface area contributed by atoms with Gasteiger partial charge in [0, 0.05) is 54.4 Å². The number of rotatable bonds is 5. The van der Waals surface area contributed by atoms with Crippen molar-refractivity contribution in [3.05, 3.63) is 65.4 Å². The van der Waals surface area contributed by atoms with Crippen molar-refractivity contribution in [3.8, 4) is 0 Å². The van der Waals surface area contributed by atoms with Crippen LogP contribution in [0.3, 0.4) is 0 Å². The first-order valence-electron chi connectivity index (χ1n) is 15.5. The summed E-state index contributed by atoms with van der Waals surface area (Å²) in [6, 6.07) is 18.6. The molecule has 0 atom stereocenters. The van der Waals surface area contributed by atoms with Crippen molar-refractivity contribution in [1.82, 2.24) is 10.1 Å². The van der Waals surface area contributed by atoms with Gasteiger partial charge in [0.25, 0.3) is 0 Å². The first-order chi connectivity index (χ1) is 20.7. The van der Waals surface area contributed by atoms with Crippen LogP contribution in [0.5, 0.6) is 0 Å². The molecular formula is C35H36N4O3. The second-order valence-electron chi connectivity index (χ2n) is 12.3. The smallest absolute Gasteiger partial charge is 0.335 e. The maximum Gasteiger partial charge on any atom is 0.335 e. The maximum atomic E-state index is 11.5. The zero-order valence-corrected chi connectivity index (χ0v) is 23.9. The van der Waals surface area contributed by atoms with E-state index in [0.29, 0.717) is 0 Å². The molecule has 5 aromatic rings. The first kappa shape index (κ1) is 25.6. The van der Waals surface area contributed by atoms with Gasteiger partial charge in [-0.15, -0.1) is 0 Å². The molecule has 2 saturated carbocycles. The predicted octanol–water partition coefficient (Wildman–Crippen LogP) is 7.08. The highest BCUT2D eigenvalue weighted by atomic mass is 16.5. The summed E-state index contributed by atoms with van der Waals surface area (Å²) in [5, 5.41) is 23.7. The lowest BCUT2D eigenvalue weighted by molar-refractivity contribution is 0.0697. The summed E-state index contributed by atoms with van der Waals surface area (Å²) < 4.78 is 6.19. The van der Waals surface area contributed by atoms with E-state index in [-0.39, 0.29) is 5.56 Å². The van der Waals surface area contributed by atoms with E-state index in [1.54, 1.807) is 12.1 Å². The van der Waals surface area contributed by atoms with Crippen LogP contribution < -0.4 is 15.4 Å². The van der Waals surface area contributed by atoms with Crippen LogP contribution in [0.15, 0.2) is 59.1 Å². The fourth-order valence-corrected chi connectivity index (χ4v) is 7.52. The molecule has 4 aromatic carbocycles. The highest BCUT2D eigenvalue weighted by Crippen LogP contribution is 2.42. The lowest BCUT2D eigenvalue weighted by atomic mass is 9.85. The van der Waals surface area contributed by atoms with Crippen LogP contribution in [0.4, 0.5) is 17.1 Å². The van der Waals surface area contributed by atoms with Gasteiger partial charge in [-0.3, -0.25) is 4.90 Å². The Kier molecular flexibility index (Phi) is 6.29. The fourth-order valence-electron chi connectivity index (χ4n) is 7.52. The summed E-state index contributed by atoms with van der Waals surface area (Å²) in [4.78, 5) is 16.7. The average Bonchev–Trinajstić information content (AvgIpc) is 3.45. The molecular weight excluding hydrogens is 524 g/mol. The zero-order chi connectivity index (χ0) is 28.2. The number of benzene rings is 4. The number of hydrogen-bond donors (Lipinski definition) is 2. The number of aromatic carboxylic acids is 1. The van der Waals surface area contributed by atoms with Gasteiger partial charge in [-0.05, 0) is 73.0 Å². The largest absolute Gasteiger partial charge is 0.478 e. The Balaban J connectivity index is 1.30. The lowest BCUT2D eigenvalue weighted by Crippen LogP contribution is -2.50. The van der Waals surface area contributed by atoms with Crippen molar-refractivity contribution < 1.29 is 14.4 Å². The Bertz CT molecular complexity index is 1860. The number of piperazine rings is 1. The van der Waals surface area contributed by atoms with Crippen LogP contribution in [0.2, 0.25) is 0 Å². The molecule has 1 aromatic heterocycles. The van der Waals surface area contributed by atoms with Gasteiger partial charge in [-0.2, -0.15) is 0 Å². The van der Waals surface area contributed by atoms with Crippen LogP contribution in [0.1, 0.15) is 61.7 Å². The van der Waals surface area contributed by atoms with E-state index < -0.39 is 5.97 Å². The van der Waals surface area contributed by atoms with E-state index in [9.17, 15) is 9.90 Å². The molecule has 42 heavy (non-hydrogen) atoms. The summed E-state index contributed by atoms with van der Waals surface area (Å²) in [7, 11) is 0. The molecule has 2 aliphatic carbocycles. The number of nitrogens with zero attached hydrogens (tertiary/aromatic N) is 3. The number of aromatic nitrogens is 1. The minimum atomic E-state index is -0.921. The standard InChI is InChI=1S/C35H36N4O3/c40-35(41)23-13-15-24(16-14-23)36-28-21-29(39-19-17-38(18-20-39)25-9-2-1-3-10-25)33-32-31(28)30(22-7-6-8-22)26-11-4-5-12-27(26)34(32)42-37-33/h4-5,11-16,21,25,36H,1-3,6-10,17-20H2,(H,40,41). The number of carbonyl (C=O) groups is 1. The molecule has 0 bridgehead atoms. The van der Waals surface area contributed by atoms with E-state index >= 15 is 0 Å². The van der Waals surface area contributed by atoms with Crippen molar-refractivity contribution >= 4 is 61.2 Å². The Morgan fingerprint density at radius 3 is 2.31 bits per heavy atom. The van der Waals surface area contributed by atoms with Gasteiger partial charge in [0.2, 0.25) is 0 Å². The molecule has 0 amide bonds. The Morgan fingerprint density at radius 2 is 1.62 bits per heavy atom. The van der Waals surface area contributed by atoms with Gasteiger partial charge in [-0.25, -0.2) is 4.79 Å². The van der Waals surface area contributed by atoms with Gasteiger partial charge in [0.1, 0.15) is 5.52 Å². The predicted molar refractivity (Wildman–Crippen MR) is 169 cm³/mol. The van der Waals surface area contributed by atoms with Crippen molar-refractivity contribution in [1.29, 1.82) is 0 Å². The zero-order valence-electron chi connectivity index (χ0n) is 23.9. The van der Waals surface area contributed by atoms with Gasteiger partial charge in [0.15, 0.2) is 5.58 Å². The molecule has 8 rings (SSSR count). The number of nitrogens with one attached hydrogen (secondary N) is 1. The minimum absolute atomic E-state index is 0.279. The van der Waals surface area contributed by atoms with Crippen LogP contribution in [-0.2, 0) is 0 Å². The van der Waals surface area contributed by atoms with Gasteiger partial charge < -0.3 is 19.8 Å². The third kappa shape index (κ3) is 4.21. The van der Waals surface area contributed by atoms with Crippen LogP contribution in [0.25, 0.3) is 38.2 Å². The second-order valence-corrected chi connectivity index (χ2v) is 12.3. The van der Waals surface area contributed by atoms with Crippen molar-refractivity contribution in [2.75, 3.05) is 36.4 Å². The summed E-state index contributed by atoms with van der Waals surface area (Å²) in [6.45, 7) is 4.06. The first-order valence-corrected chi connectivity index (χ1v) is 15.5. The highest BCUT2D eigenvalue weighted by Gasteiger charge is 2.29. The van der Waals surface area contributed by atoms with Crippen molar-refractivity contribution in [2.45, 2.75) is 57.4 Å². The van der Waals surface area contributed by atoms with E-state index in [0.717, 1.165) is 89.4 Å². The normalized spacial score (nSPS) is 18.7. The number of carboxylic acid groups (broad SMARTS) is 1. The van der Waals surface area contributed by atoms with Gasteiger partial charge >= 0.3 is 5.97 Å². The summed E-state index contributed by atoms with van der Waals surface area (Å²) >= 11 is 0. The average molecular weight is 561 g/mol. The molecule has 1 aliphatic heterocycles. The Hall–Kier alpha value is -4.10. The molecule has 1 saturated heterocycles.